The van der Waals surface area contributed by atoms with E-state index in [0.717, 1.165) is 27.3 Å². The van der Waals surface area contributed by atoms with Crippen molar-refractivity contribution in [1.29, 1.82) is 0 Å². The fourth-order valence-electron chi connectivity index (χ4n) is 8.83. The van der Waals surface area contributed by atoms with Crippen molar-refractivity contribution in [3.8, 4) is 22.3 Å². The molecule has 11 rings (SSSR count). The minimum atomic E-state index is 0.190. The Hall–Kier alpha value is -6.70. The number of hydrogen-bond donors (Lipinski definition) is 0. The minimum absolute atomic E-state index is 0.190. The number of allylic oxidation sites excluding steroid dienone is 1. The molecule has 1 atom stereocenters. The van der Waals surface area contributed by atoms with Gasteiger partial charge < -0.3 is 4.42 Å². The van der Waals surface area contributed by atoms with E-state index in [4.69, 9.17) is 4.42 Å². The van der Waals surface area contributed by atoms with E-state index < -0.39 is 0 Å². The molecule has 1 aromatic heterocycles. The molecule has 0 saturated heterocycles. The summed E-state index contributed by atoms with van der Waals surface area (Å²) in [5.74, 6) is 0.190. The Labute approximate surface area is 301 Å². The van der Waals surface area contributed by atoms with Crippen molar-refractivity contribution in [3.05, 3.63) is 204 Å². The Morgan fingerprint density at radius 3 is 1.65 bits per heavy atom. The van der Waals surface area contributed by atoms with Crippen molar-refractivity contribution < 1.29 is 4.42 Å². The van der Waals surface area contributed by atoms with Gasteiger partial charge in [-0.3, -0.25) is 0 Å². The predicted molar refractivity (Wildman–Crippen MR) is 220 cm³/mol. The number of hydrogen-bond acceptors (Lipinski definition) is 1. The molecule has 242 valence electrons. The van der Waals surface area contributed by atoms with E-state index >= 15 is 0 Å². The highest BCUT2D eigenvalue weighted by molar-refractivity contribution is 6.23. The Morgan fingerprint density at radius 1 is 0.385 bits per heavy atom. The van der Waals surface area contributed by atoms with Gasteiger partial charge in [-0.25, -0.2) is 0 Å². The van der Waals surface area contributed by atoms with Crippen molar-refractivity contribution in [2.75, 3.05) is 0 Å². The van der Waals surface area contributed by atoms with Crippen LogP contribution in [0.2, 0.25) is 0 Å². The summed E-state index contributed by atoms with van der Waals surface area (Å²) in [4.78, 5) is 0. The van der Waals surface area contributed by atoms with Crippen LogP contribution in [0.5, 0.6) is 0 Å². The van der Waals surface area contributed by atoms with Crippen LogP contribution in [0.4, 0.5) is 0 Å². The van der Waals surface area contributed by atoms with Crippen molar-refractivity contribution in [2.45, 2.75) is 5.92 Å². The zero-order valence-electron chi connectivity index (χ0n) is 28.4. The largest absolute Gasteiger partial charge is 0.455 e. The second kappa shape index (κ2) is 11.4. The third kappa shape index (κ3) is 4.36. The highest BCUT2D eigenvalue weighted by Gasteiger charge is 2.28. The molecule has 0 spiro atoms. The highest BCUT2D eigenvalue weighted by Crippen LogP contribution is 2.49. The number of fused-ring (bicyclic) bond motifs is 8. The molecule has 0 saturated carbocycles. The van der Waals surface area contributed by atoms with Crippen LogP contribution in [0.3, 0.4) is 0 Å². The van der Waals surface area contributed by atoms with Gasteiger partial charge in [-0.1, -0.05) is 158 Å². The first-order chi connectivity index (χ1) is 25.8. The number of benzene rings is 9. The average Bonchev–Trinajstić information content (AvgIpc) is 3.79. The minimum Gasteiger partial charge on any atom is -0.455 e. The summed E-state index contributed by atoms with van der Waals surface area (Å²) in [5, 5.41) is 9.63. The van der Waals surface area contributed by atoms with Gasteiger partial charge in [0.1, 0.15) is 11.2 Å². The average molecular weight is 661 g/mol. The molecule has 1 aliphatic rings. The quantitative estimate of drug-likeness (QED) is 0.171. The molecule has 1 heteroatoms. The Kier molecular flexibility index (Phi) is 6.38. The van der Waals surface area contributed by atoms with E-state index in [1.54, 1.807) is 0 Å². The van der Waals surface area contributed by atoms with Gasteiger partial charge >= 0.3 is 0 Å². The summed E-state index contributed by atoms with van der Waals surface area (Å²) in [6.07, 6.45) is 2.41. The lowest BCUT2D eigenvalue weighted by molar-refractivity contribution is 0.672. The van der Waals surface area contributed by atoms with E-state index in [1.807, 2.05) is 0 Å². The second-order valence-electron chi connectivity index (χ2n) is 14.0. The van der Waals surface area contributed by atoms with Crippen LogP contribution in [-0.4, -0.2) is 0 Å². The van der Waals surface area contributed by atoms with Gasteiger partial charge in [-0.15, -0.1) is 0 Å². The lowest BCUT2D eigenvalue weighted by Gasteiger charge is -2.20. The molecule has 9 aromatic carbocycles. The second-order valence-corrected chi connectivity index (χ2v) is 14.0. The van der Waals surface area contributed by atoms with Crippen molar-refractivity contribution >= 4 is 65.9 Å². The summed E-state index contributed by atoms with van der Waals surface area (Å²) >= 11 is 0. The van der Waals surface area contributed by atoms with Gasteiger partial charge in [0.15, 0.2) is 0 Å². The van der Waals surface area contributed by atoms with E-state index in [0.29, 0.717) is 0 Å². The van der Waals surface area contributed by atoms with Gasteiger partial charge in [0.2, 0.25) is 0 Å². The standard InChI is InChI=1S/C51H32O/c1-3-13-32(14-4-1)45-31-37-29-35(24-26-38(37)48(45)34-16-5-2-6-17-34)49-40-19-9-11-21-42(40)50(43-22-12-10-20-41(43)49)36-25-28-47-46(30-36)44-27-23-33-15-7-8-18-39(33)51(44)52-47/h1-31,48H. The van der Waals surface area contributed by atoms with Crippen LogP contribution in [0.1, 0.15) is 28.2 Å². The monoisotopic (exact) mass is 660 g/mol. The third-order valence-electron chi connectivity index (χ3n) is 11.1. The lowest BCUT2D eigenvalue weighted by Crippen LogP contribution is -2.01. The van der Waals surface area contributed by atoms with Gasteiger partial charge in [0.25, 0.3) is 0 Å². The Morgan fingerprint density at radius 2 is 0.962 bits per heavy atom. The molecule has 0 fully saturated rings. The number of rotatable bonds is 4. The lowest BCUT2D eigenvalue weighted by atomic mass is 9.83. The van der Waals surface area contributed by atoms with E-state index in [9.17, 15) is 0 Å². The maximum Gasteiger partial charge on any atom is 0.143 e. The molecule has 0 aliphatic heterocycles. The van der Waals surface area contributed by atoms with E-state index in [2.05, 4.69) is 188 Å². The molecule has 52 heavy (non-hydrogen) atoms. The first-order valence-corrected chi connectivity index (χ1v) is 18.0. The Balaban J connectivity index is 1.13. The molecule has 0 amide bonds. The van der Waals surface area contributed by atoms with Crippen molar-refractivity contribution in [3.63, 3.8) is 0 Å². The molecule has 0 N–H and O–H groups in total. The van der Waals surface area contributed by atoms with E-state index in [-0.39, 0.29) is 5.92 Å². The topological polar surface area (TPSA) is 13.1 Å². The molecule has 1 unspecified atom stereocenters. The van der Waals surface area contributed by atoms with Gasteiger partial charge in [-0.2, -0.15) is 0 Å². The maximum atomic E-state index is 6.51. The first-order valence-electron chi connectivity index (χ1n) is 18.0. The smallest absolute Gasteiger partial charge is 0.143 e. The molecule has 0 radical (unpaired) electrons. The third-order valence-corrected chi connectivity index (χ3v) is 11.1. The van der Waals surface area contributed by atoms with Crippen molar-refractivity contribution in [1.82, 2.24) is 0 Å². The fourth-order valence-corrected chi connectivity index (χ4v) is 8.83. The molecule has 1 aliphatic carbocycles. The Bertz CT molecular complexity index is 3000. The zero-order valence-corrected chi connectivity index (χ0v) is 28.4. The summed E-state index contributed by atoms with van der Waals surface area (Å²) in [5.41, 5.74) is 13.4. The van der Waals surface area contributed by atoms with Crippen LogP contribution < -0.4 is 0 Å². The summed E-state index contributed by atoms with van der Waals surface area (Å²) in [7, 11) is 0. The van der Waals surface area contributed by atoms with Gasteiger partial charge in [0, 0.05) is 22.1 Å². The SMILES string of the molecule is C1=C(c2ccccc2)C(c2ccccc2)c2ccc(-c3c4ccccc4c(-c4ccc5oc6c7ccccc7ccc6c5c4)c4ccccc34)cc21. The normalized spacial score (nSPS) is 14.1. The van der Waals surface area contributed by atoms with Crippen LogP contribution in [-0.2, 0) is 0 Å². The maximum absolute atomic E-state index is 6.51. The zero-order chi connectivity index (χ0) is 34.2. The molecule has 1 heterocycles. The van der Waals surface area contributed by atoms with Crippen LogP contribution >= 0.6 is 0 Å². The highest BCUT2D eigenvalue weighted by atomic mass is 16.3. The first kappa shape index (κ1) is 29.1. The summed E-state index contributed by atoms with van der Waals surface area (Å²) < 4.78 is 6.51. The molecular weight excluding hydrogens is 629 g/mol. The molecule has 10 aromatic rings. The van der Waals surface area contributed by atoms with Crippen LogP contribution in [0, 0.1) is 0 Å². The predicted octanol–water partition coefficient (Wildman–Crippen LogP) is 14.1. The van der Waals surface area contributed by atoms with Crippen LogP contribution in [0.15, 0.2) is 186 Å². The van der Waals surface area contributed by atoms with Gasteiger partial charge in [0.05, 0.1) is 0 Å². The van der Waals surface area contributed by atoms with E-state index in [1.165, 1.54) is 77.0 Å². The summed E-state index contributed by atoms with van der Waals surface area (Å²) in [6.45, 7) is 0. The molecular formula is C51H32O. The van der Waals surface area contributed by atoms with Crippen molar-refractivity contribution in [2.24, 2.45) is 0 Å². The molecule has 0 bridgehead atoms. The molecule has 1 nitrogen and oxygen atoms in total. The number of furan rings is 1. The summed E-state index contributed by atoms with van der Waals surface area (Å²) in [6, 6.07) is 66.4. The fraction of sp³-hybridized carbons (Fsp3) is 0.0196. The van der Waals surface area contributed by atoms with Gasteiger partial charge in [-0.05, 0) is 107 Å². The van der Waals surface area contributed by atoms with Crippen LogP contribution in [0.25, 0.3) is 88.2 Å².